The molecule has 100 valence electrons. The fraction of sp³-hybridized carbons (Fsp3) is 0.462. The minimum atomic E-state index is -0.760. The number of benzene rings is 1. The van der Waals surface area contributed by atoms with Gasteiger partial charge in [-0.25, -0.2) is 0 Å². The molecule has 0 aliphatic heterocycles. The Hall–Kier alpha value is -0.580. The number of hydrogen-bond acceptors (Lipinski definition) is 3. The van der Waals surface area contributed by atoms with Crippen molar-refractivity contribution in [2.75, 3.05) is 6.61 Å². The lowest BCUT2D eigenvalue weighted by Crippen LogP contribution is -2.08. The maximum absolute atomic E-state index is 11.3. The third-order valence-corrected chi connectivity index (χ3v) is 3.24. The molecule has 0 aliphatic carbocycles. The Balaban J connectivity index is 2.52. The highest BCUT2D eigenvalue weighted by molar-refractivity contribution is 9.10. The van der Waals surface area contributed by atoms with Gasteiger partial charge in [0.2, 0.25) is 0 Å². The quantitative estimate of drug-likeness (QED) is 0.803. The van der Waals surface area contributed by atoms with Crippen LogP contribution < -0.4 is 0 Å². The molecule has 0 bridgehead atoms. The zero-order valence-electron chi connectivity index (χ0n) is 10.2. The number of rotatable bonds is 6. The smallest absolute Gasteiger partial charge is 0.305 e. The first kappa shape index (κ1) is 15.5. The van der Waals surface area contributed by atoms with Crippen molar-refractivity contribution in [2.45, 2.75) is 32.3 Å². The van der Waals surface area contributed by atoms with Crippen molar-refractivity contribution in [3.05, 3.63) is 33.3 Å². The predicted molar refractivity (Wildman–Crippen MR) is 74.6 cm³/mol. The third-order valence-electron chi connectivity index (χ3n) is 2.41. The summed E-state index contributed by atoms with van der Waals surface area (Å²) < 4.78 is 5.78. The number of aliphatic hydroxyl groups is 1. The Labute approximate surface area is 120 Å². The van der Waals surface area contributed by atoms with Gasteiger partial charge in [-0.15, -0.1) is 0 Å². The average Bonchev–Trinajstić information content (AvgIpc) is 2.36. The number of carbonyl (C=O) groups excluding carboxylic acids is 1. The van der Waals surface area contributed by atoms with E-state index in [1.807, 2.05) is 6.92 Å². The summed E-state index contributed by atoms with van der Waals surface area (Å²) in [5.74, 6) is -0.290. The van der Waals surface area contributed by atoms with Gasteiger partial charge in [0.1, 0.15) is 0 Å². The number of esters is 1. The number of halogens is 2. The van der Waals surface area contributed by atoms with Crippen LogP contribution in [0.2, 0.25) is 5.02 Å². The van der Waals surface area contributed by atoms with Crippen molar-refractivity contribution in [1.29, 1.82) is 0 Å². The summed E-state index contributed by atoms with van der Waals surface area (Å²) in [6.45, 7) is 2.36. The van der Waals surface area contributed by atoms with Crippen LogP contribution in [0.4, 0.5) is 0 Å². The maximum Gasteiger partial charge on any atom is 0.305 e. The van der Waals surface area contributed by atoms with E-state index in [1.165, 1.54) is 0 Å². The molecule has 0 fully saturated rings. The molecule has 0 spiro atoms. The first-order chi connectivity index (χ1) is 8.54. The molecule has 3 nitrogen and oxygen atoms in total. The van der Waals surface area contributed by atoms with Crippen molar-refractivity contribution in [2.24, 2.45) is 0 Å². The minimum absolute atomic E-state index is 0.185. The molecule has 1 unspecified atom stereocenters. The Morgan fingerprint density at radius 2 is 2.28 bits per heavy atom. The van der Waals surface area contributed by atoms with Gasteiger partial charge in [0, 0.05) is 21.5 Å². The summed E-state index contributed by atoms with van der Waals surface area (Å²) in [5, 5.41) is 10.5. The zero-order valence-corrected chi connectivity index (χ0v) is 12.5. The maximum atomic E-state index is 11.3. The summed E-state index contributed by atoms with van der Waals surface area (Å²) in [5.41, 5.74) is 0.620. The van der Waals surface area contributed by atoms with E-state index in [0.29, 0.717) is 23.6 Å². The molecule has 0 aromatic heterocycles. The Morgan fingerprint density at radius 1 is 1.56 bits per heavy atom. The van der Waals surface area contributed by atoms with Crippen molar-refractivity contribution >= 4 is 33.5 Å². The van der Waals surface area contributed by atoms with E-state index in [4.69, 9.17) is 16.3 Å². The topological polar surface area (TPSA) is 46.5 Å². The van der Waals surface area contributed by atoms with Gasteiger partial charge in [-0.05, 0) is 31.0 Å². The first-order valence-electron chi connectivity index (χ1n) is 5.83. The molecule has 18 heavy (non-hydrogen) atoms. The lowest BCUT2D eigenvalue weighted by Gasteiger charge is -2.12. The van der Waals surface area contributed by atoms with Crippen molar-refractivity contribution < 1.29 is 14.6 Å². The minimum Gasteiger partial charge on any atom is -0.466 e. The van der Waals surface area contributed by atoms with Crippen LogP contribution in [0.5, 0.6) is 0 Å². The second-order valence-corrected chi connectivity index (χ2v) is 5.26. The van der Waals surface area contributed by atoms with Crippen LogP contribution in [0.15, 0.2) is 22.7 Å². The van der Waals surface area contributed by atoms with Crippen LogP contribution >= 0.6 is 27.5 Å². The van der Waals surface area contributed by atoms with E-state index in [0.717, 1.165) is 10.9 Å². The number of aliphatic hydroxyl groups excluding tert-OH is 1. The van der Waals surface area contributed by atoms with E-state index in [1.54, 1.807) is 18.2 Å². The lowest BCUT2D eigenvalue weighted by atomic mass is 10.1. The summed E-state index contributed by atoms with van der Waals surface area (Å²) >= 11 is 9.31. The Morgan fingerprint density at radius 3 is 2.94 bits per heavy atom. The summed E-state index contributed by atoms with van der Waals surface area (Å²) in [6.07, 6.45) is 0.526. The van der Waals surface area contributed by atoms with Gasteiger partial charge >= 0.3 is 5.97 Å². The molecule has 1 aromatic rings. The Kier molecular flexibility index (Phi) is 6.68. The number of ether oxygens (including phenoxy) is 1. The van der Waals surface area contributed by atoms with E-state index >= 15 is 0 Å². The van der Waals surface area contributed by atoms with Gasteiger partial charge in [-0.2, -0.15) is 0 Å². The first-order valence-corrected chi connectivity index (χ1v) is 7.00. The highest BCUT2D eigenvalue weighted by Gasteiger charge is 2.14. The van der Waals surface area contributed by atoms with Crippen LogP contribution in [0, 0.1) is 0 Å². The Bertz CT molecular complexity index is 409. The van der Waals surface area contributed by atoms with E-state index < -0.39 is 6.10 Å². The van der Waals surface area contributed by atoms with Crippen LogP contribution in [-0.2, 0) is 9.53 Å². The molecule has 5 heteroatoms. The molecule has 0 saturated heterocycles. The monoisotopic (exact) mass is 334 g/mol. The second kappa shape index (κ2) is 7.77. The predicted octanol–water partition coefficient (Wildman–Crippen LogP) is 3.87. The van der Waals surface area contributed by atoms with E-state index in [-0.39, 0.29) is 12.4 Å². The standard InChI is InChI=1S/C13H16BrClO3/c1-2-7-18-13(17)6-5-12(16)10-8-9(14)3-4-11(10)15/h3-4,8,12,16H,2,5-7H2,1H3. The van der Waals surface area contributed by atoms with Crippen LogP contribution in [0.3, 0.4) is 0 Å². The number of carbonyl (C=O) groups is 1. The molecule has 1 atom stereocenters. The molecule has 0 heterocycles. The summed E-state index contributed by atoms with van der Waals surface area (Å²) in [4.78, 5) is 11.3. The molecule has 0 saturated carbocycles. The molecule has 0 radical (unpaired) electrons. The fourth-order valence-electron chi connectivity index (χ4n) is 1.47. The van der Waals surface area contributed by atoms with Crippen LogP contribution in [0.1, 0.15) is 37.9 Å². The van der Waals surface area contributed by atoms with Gasteiger partial charge < -0.3 is 9.84 Å². The normalized spacial score (nSPS) is 12.2. The highest BCUT2D eigenvalue weighted by atomic mass is 79.9. The number of hydrogen-bond donors (Lipinski definition) is 1. The highest BCUT2D eigenvalue weighted by Crippen LogP contribution is 2.29. The SMILES string of the molecule is CCCOC(=O)CCC(O)c1cc(Br)ccc1Cl. The van der Waals surface area contributed by atoms with Crippen molar-refractivity contribution in [3.8, 4) is 0 Å². The molecule has 1 aromatic carbocycles. The second-order valence-electron chi connectivity index (χ2n) is 3.94. The fourth-order valence-corrected chi connectivity index (χ4v) is 2.09. The van der Waals surface area contributed by atoms with Crippen molar-refractivity contribution in [3.63, 3.8) is 0 Å². The largest absolute Gasteiger partial charge is 0.466 e. The zero-order chi connectivity index (χ0) is 13.5. The van der Waals surface area contributed by atoms with Gasteiger partial charge in [0.05, 0.1) is 12.7 Å². The lowest BCUT2D eigenvalue weighted by molar-refractivity contribution is -0.144. The van der Waals surface area contributed by atoms with Gasteiger partial charge in [0.25, 0.3) is 0 Å². The van der Waals surface area contributed by atoms with Crippen LogP contribution in [-0.4, -0.2) is 17.7 Å². The summed E-state index contributed by atoms with van der Waals surface area (Å²) in [7, 11) is 0. The summed E-state index contributed by atoms with van der Waals surface area (Å²) in [6, 6.07) is 5.26. The van der Waals surface area contributed by atoms with Gasteiger partial charge in [0.15, 0.2) is 0 Å². The van der Waals surface area contributed by atoms with Crippen molar-refractivity contribution in [1.82, 2.24) is 0 Å². The van der Waals surface area contributed by atoms with E-state index in [9.17, 15) is 9.90 Å². The molecular formula is C13H16BrClO3. The van der Waals surface area contributed by atoms with Gasteiger partial charge in [-0.3, -0.25) is 4.79 Å². The average molecular weight is 336 g/mol. The third kappa shape index (κ3) is 4.96. The van der Waals surface area contributed by atoms with Crippen LogP contribution in [0.25, 0.3) is 0 Å². The molecule has 1 rings (SSSR count). The molecule has 1 N–H and O–H groups in total. The molecular weight excluding hydrogens is 319 g/mol. The van der Waals surface area contributed by atoms with E-state index in [2.05, 4.69) is 15.9 Å². The molecule has 0 amide bonds. The van der Waals surface area contributed by atoms with Gasteiger partial charge in [-0.1, -0.05) is 34.5 Å². The molecule has 0 aliphatic rings.